The Bertz CT molecular complexity index is 4180. The van der Waals surface area contributed by atoms with Gasteiger partial charge in [0.2, 0.25) is 12.2 Å². The largest absolute Gasteiger partial charge is 0.489 e. The van der Waals surface area contributed by atoms with Crippen LogP contribution in [0.25, 0.3) is 21.3 Å². The van der Waals surface area contributed by atoms with Gasteiger partial charge in [-0.1, -0.05) is 75.8 Å². The lowest BCUT2D eigenvalue weighted by molar-refractivity contribution is -0.277. The van der Waals surface area contributed by atoms with E-state index >= 15 is 0 Å². The fraction of sp³-hybridized carbons (Fsp3) is 0.500. The van der Waals surface area contributed by atoms with E-state index in [9.17, 15) is 63.9 Å². The highest BCUT2D eigenvalue weighted by molar-refractivity contribution is 7.22. The van der Waals surface area contributed by atoms with Crippen molar-refractivity contribution in [2.75, 3.05) is 75.2 Å². The molecular formula is C74H90N10O19S. The van der Waals surface area contributed by atoms with Crippen molar-refractivity contribution in [3.8, 4) is 16.9 Å². The third kappa shape index (κ3) is 17.8. The van der Waals surface area contributed by atoms with Crippen molar-refractivity contribution in [1.82, 2.24) is 34.9 Å². The maximum Gasteiger partial charge on any atom is 0.414 e. The molecule has 2 aliphatic carbocycles. The number of aliphatic hydroxyl groups is 3. The number of ether oxygens (including phenoxy) is 6. The first kappa shape index (κ1) is 75.7. The Balaban J connectivity index is 0.698. The fourth-order valence-electron chi connectivity index (χ4n) is 15.9. The Hall–Kier alpha value is -9.43. The summed E-state index contributed by atoms with van der Waals surface area (Å²) < 4.78 is 37.8. The van der Waals surface area contributed by atoms with Crippen molar-refractivity contribution in [2.24, 2.45) is 16.2 Å². The number of benzene rings is 3. The Morgan fingerprint density at radius 1 is 0.817 bits per heavy atom. The normalized spacial score (nSPS) is 23.3. The number of para-hydroxylation sites is 1. The summed E-state index contributed by atoms with van der Waals surface area (Å²) in [5.74, 6) is -3.51. The van der Waals surface area contributed by atoms with Crippen molar-refractivity contribution in [3.63, 3.8) is 0 Å². The molecule has 6 heterocycles. The van der Waals surface area contributed by atoms with Crippen LogP contribution in [0.4, 0.5) is 26.2 Å². The summed E-state index contributed by atoms with van der Waals surface area (Å²) in [5, 5.41) is 64.9. The number of imide groups is 1. The average molecular weight is 1460 g/mol. The zero-order valence-corrected chi connectivity index (χ0v) is 59.9. The van der Waals surface area contributed by atoms with E-state index < -0.39 is 60.4 Å². The average Bonchev–Trinajstić information content (AvgIpc) is 0.799. The van der Waals surface area contributed by atoms with Crippen molar-refractivity contribution in [1.29, 1.82) is 0 Å². The molecule has 29 nitrogen and oxygen atoms in total. The molecule has 2 saturated carbocycles. The Labute approximate surface area is 604 Å². The van der Waals surface area contributed by atoms with E-state index in [1.807, 2.05) is 59.0 Å². The van der Waals surface area contributed by atoms with E-state index in [-0.39, 0.29) is 116 Å². The number of anilines is 3. The van der Waals surface area contributed by atoms with Crippen LogP contribution in [0.3, 0.4) is 0 Å². The summed E-state index contributed by atoms with van der Waals surface area (Å²) in [5.41, 5.74) is 4.38. The van der Waals surface area contributed by atoms with Gasteiger partial charge in [-0.3, -0.25) is 39.4 Å². The predicted molar refractivity (Wildman–Crippen MR) is 380 cm³/mol. The molecule has 1 saturated heterocycles. The van der Waals surface area contributed by atoms with Gasteiger partial charge in [-0.2, -0.15) is 5.10 Å². The van der Waals surface area contributed by atoms with E-state index in [1.165, 1.54) is 46.6 Å². The van der Waals surface area contributed by atoms with Crippen molar-refractivity contribution < 1.29 is 92.3 Å². The van der Waals surface area contributed by atoms with E-state index in [0.717, 1.165) is 64.0 Å². The third-order valence-corrected chi connectivity index (χ3v) is 21.0. The van der Waals surface area contributed by atoms with Gasteiger partial charge in [0, 0.05) is 87.3 Å². The first-order valence-corrected chi connectivity index (χ1v) is 35.8. The number of carbonyl (C=O) groups excluding carboxylic acids is 6. The van der Waals surface area contributed by atoms with Crippen LogP contribution in [0.15, 0.2) is 91.1 Å². The Morgan fingerprint density at radius 3 is 2.37 bits per heavy atom. The summed E-state index contributed by atoms with van der Waals surface area (Å²) >= 11 is 1.40. The zero-order chi connectivity index (χ0) is 74.3. The van der Waals surface area contributed by atoms with Gasteiger partial charge >= 0.3 is 24.1 Å². The fourth-order valence-corrected chi connectivity index (χ4v) is 16.7. The standard InChI is InChI=1S/C74H90N10O19S/c1-7-73(43-84-44(2)49(35-76-84)47-20-22-55(79-59(47)65(92)93)82-28-25-46-14-13-15-48(50(46)36-82)64(91)80-68-77-52-16-10-11-17-54(52)104-68)40-72(5)38-71(3,4)39-74(41-72,42-73)101-31-29-81(6)70(97)100-37-45-19-21-51(78-69(96)103-67-62(90)60(88)61(89)63(102-67)66(94)95)53(34-45)99-33-32-98-30-26-75-56(85)18-9-8-12-27-83-57(86)23-24-58(83)87/h10-11,13-17,19-24,34-35,60-63,67,88-90H,7-9,12,18,25-33,36-43H2,1-6H3,(H,75,85)(H,78,96)(H,92,93)(H,94,95)(H,77,80,91)/t60-,61+,62-,63-,67-,72?,73?,74?/m0/s1. The number of unbranched alkanes of at least 4 members (excludes halogenated alkanes) is 2. The number of carbonyl (C=O) groups is 8. The maximum atomic E-state index is 13.8. The summed E-state index contributed by atoms with van der Waals surface area (Å²) in [7, 11) is 1.61. The van der Waals surface area contributed by atoms with Crippen LogP contribution < -0.4 is 25.6 Å². The minimum Gasteiger partial charge on any atom is -0.489 e. The Morgan fingerprint density at radius 2 is 1.61 bits per heavy atom. The van der Waals surface area contributed by atoms with Crippen LogP contribution in [0.5, 0.6) is 5.75 Å². The smallest absolute Gasteiger partial charge is 0.414 e. The number of pyridine rings is 1. The van der Waals surface area contributed by atoms with Crippen LogP contribution >= 0.6 is 11.3 Å². The minimum absolute atomic E-state index is 0.0134. The second-order valence-electron chi connectivity index (χ2n) is 28.8. The number of carboxylic acids is 2. The molecule has 3 aromatic carbocycles. The summed E-state index contributed by atoms with van der Waals surface area (Å²) in [6.07, 6.45) is -0.234. The molecule has 556 valence electrons. The molecule has 8 atom stereocenters. The number of likely N-dealkylation sites (N-methyl/N-ethyl adjacent to an activating group) is 1. The van der Waals surface area contributed by atoms with Crippen LogP contribution in [0, 0.1) is 23.2 Å². The lowest BCUT2D eigenvalue weighted by Crippen LogP contribution is -2.60. The number of hydrogen-bond donors (Lipinski definition) is 8. The number of aliphatic hydroxyl groups excluding tert-OH is 3. The number of hydrogen-bond acceptors (Lipinski definition) is 22. The van der Waals surface area contributed by atoms with E-state index in [1.54, 1.807) is 25.4 Å². The first-order valence-electron chi connectivity index (χ1n) is 35.0. The number of aliphatic carboxylic acids is 1. The molecule has 3 aliphatic heterocycles. The number of nitrogens with zero attached hydrogens (tertiary/aromatic N) is 7. The molecule has 2 bridgehead atoms. The van der Waals surface area contributed by atoms with E-state index in [2.05, 4.69) is 48.6 Å². The second kappa shape index (κ2) is 32.3. The summed E-state index contributed by atoms with van der Waals surface area (Å²) in [4.78, 5) is 116. The predicted octanol–water partition coefficient (Wildman–Crippen LogP) is 8.24. The molecule has 30 heteroatoms. The number of aromatic nitrogens is 4. The van der Waals surface area contributed by atoms with Gasteiger partial charge in [0.25, 0.3) is 17.7 Å². The lowest BCUT2D eigenvalue weighted by Gasteiger charge is -2.62. The maximum absolute atomic E-state index is 13.8. The number of fused-ring (bicyclic) bond motifs is 4. The lowest BCUT2D eigenvalue weighted by atomic mass is 9.47. The van der Waals surface area contributed by atoms with Gasteiger partial charge in [-0.15, -0.1) is 0 Å². The topological polar surface area (TPSA) is 382 Å². The minimum atomic E-state index is -2.03. The molecule has 6 aromatic rings. The SMILES string of the molecule is CCC1(Cn2ncc(-c3ccc(N4CCc5cccc(C(=O)Nc6nc7ccccc7s6)c5C4)nc3C(=O)O)c2C)CC2(C)CC(C)(C)CC(OCCN(C)C(=O)OCc3ccc(NC(=O)O[C@@H]4O[C@H](C(=O)O)[C@H](O)[C@H](O)[C@@H]4O)c(OCCOCCNC(=O)CCCCCN4C(=O)C=CC4=O)c3)(C2)C1. The van der Waals surface area contributed by atoms with Crippen molar-refractivity contribution >= 4 is 85.9 Å². The van der Waals surface area contributed by atoms with Crippen molar-refractivity contribution in [2.45, 2.75) is 161 Å². The Kier molecular flexibility index (Phi) is 23.5. The van der Waals surface area contributed by atoms with Crippen LogP contribution in [-0.4, -0.2) is 199 Å². The molecular weight excluding hydrogens is 1360 g/mol. The molecule has 11 rings (SSSR count). The van der Waals surface area contributed by atoms with Crippen LogP contribution in [-0.2, 0) is 69.0 Å². The van der Waals surface area contributed by atoms with Gasteiger partial charge < -0.3 is 69.1 Å². The number of amides is 6. The van der Waals surface area contributed by atoms with E-state index in [0.29, 0.717) is 84.9 Å². The van der Waals surface area contributed by atoms with Gasteiger partial charge in [0.15, 0.2) is 16.9 Å². The van der Waals surface area contributed by atoms with Gasteiger partial charge in [-0.05, 0) is 140 Å². The van der Waals surface area contributed by atoms with Crippen LogP contribution in [0.1, 0.15) is 135 Å². The molecule has 8 N–H and O–H groups in total. The molecule has 0 radical (unpaired) electrons. The molecule has 3 unspecified atom stereocenters. The number of carboxylic acid groups (broad SMARTS) is 2. The highest BCUT2D eigenvalue weighted by Crippen LogP contribution is 2.64. The number of aromatic carboxylic acids is 1. The molecule has 3 aromatic heterocycles. The zero-order valence-electron chi connectivity index (χ0n) is 59.1. The quantitative estimate of drug-likeness (QED) is 0.0155. The first-order chi connectivity index (χ1) is 49.6. The number of rotatable bonds is 30. The highest BCUT2D eigenvalue weighted by atomic mass is 32.1. The number of nitrogens with one attached hydrogen (secondary N) is 3. The number of thiazole rings is 1. The second-order valence-corrected chi connectivity index (χ2v) is 29.9. The molecule has 104 heavy (non-hydrogen) atoms. The molecule has 6 amide bonds. The summed E-state index contributed by atoms with van der Waals surface area (Å²) in [6, 6.07) is 21.5. The monoisotopic (exact) mass is 1450 g/mol. The molecule has 5 aliphatic rings. The summed E-state index contributed by atoms with van der Waals surface area (Å²) in [6.45, 7) is 13.2. The van der Waals surface area contributed by atoms with Crippen LogP contribution in [0.2, 0.25) is 0 Å². The van der Waals surface area contributed by atoms with Gasteiger partial charge in [0.1, 0.15) is 43.1 Å². The highest BCUT2D eigenvalue weighted by Gasteiger charge is 2.59. The van der Waals surface area contributed by atoms with Gasteiger partial charge in [0.05, 0.1) is 47.5 Å². The third-order valence-electron chi connectivity index (χ3n) is 20.1. The van der Waals surface area contributed by atoms with Gasteiger partial charge in [-0.25, -0.2) is 29.1 Å². The van der Waals surface area contributed by atoms with Crippen molar-refractivity contribution in [3.05, 3.63) is 125 Å². The molecule has 3 fully saturated rings. The molecule has 0 spiro atoms. The van der Waals surface area contributed by atoms with E-state index in [4.69, 9.17) is 38.5 Å².